The van der Waals surface area contributed by atoms with Crippen molar-refractivity contribution in [3.63, 3.8) is 0 Å². The summed E-state index contributed by atoms with van der Waals surface area (Å²) in [6, 6.07) is 16.9. The van der Waals surface area contributed by atoms with Crippen LogP contribution < -0.4 is 0 Å². The van der Waals surface area contributed by atoms with Crippen molar-refractivity contribution >= 4 is 43.4 Å². The van der Waals surface area contributed by atoms with Gasteiger partial charge in [-0.05, 0) is 49.2 Å². The number of pyridine rings is 2. The van der Waals surface area contributed by atoms with Crippen molar-refractivity contribution in [2.45, 2.75) is 23.6 Å². The molecule has 2 aromatic carbocycles. The summed E-state index contributed by atoms with van der Waals surface area (Å²) in [5.74, 6) is 0. The van der Waals surface area contributed by atoms with Crippen LogP contribution in [0.15, 0.2) is 70.7 Å². The number of rotatable bonds is 3. The van der Waals surface area contributed by atoms with Gasteiger partial charge in [-0.3, -0.25) is 9.97 Å². The second-order valence-electron chi connectivity index (χ2n) is 5.73. The molecule has 0 spiro atoms. The van der Waals surface area contributed by atoms with Crippen LogP contribution in [-0.2, 0) is 0 Å². The van der Waals surface area contributed by atoms with Crippen LogP contribution in [0.5, 0.6) is 0 Å². The molecule has 0 atom stereocenters. The lowest BCUT2D eigenvalue weighted by Gasteiger charge is -2.09. The van der Waals surface area contributed by atoms with Gasteiger partial charge in [-0.25, -0.2) is 0 Å². The topological polar surface area (TPSA) is 25.8 Å². The normalized spacial score (nSPS) is 11.2. The first-order chi connectivity index (χ1) is 11.7. The Bertz CT molecular complexity index is 959. The van der Waals surface area contributed by atoms with Crippen LogP contribution in [0.3, 0.4) is 0 Å². The van der Waals surface area contributed by atoms with Gasteiger partial charge in [0.25, 0.3) is 0 Å². The first-order valence-corrected chi connectivity index (χ1v) is 9.92. The number of aryl methyl sites for hydroxylation is 2. The zero-order valence-electron chi connectivity index (χ0n) is 13.5. The molecule has 4 heteroatoms. The summed E-state index contributed by atoms with van der Waals surface area (Å²) in [5, 5.41) is 2.44. The fourth-order valence-corrected chi connectivity index (χ4v) is 5.06. The maximum absolute atomic E-state index is 4.58. The third kappa shape index (κ3) is 2.76. The van der Waals surface area contributed by atoms with E-state index in [0.29, 0.717) is 0 Å². The van der Waals surface area contributed by atoms with Crippen LogP contribution >= 0.6 is 21.6 Å². The molecule has 0 aliphatic rings. The number of fused-ring (bicyclic) bond motifs is 2. The monoisotopic (exact) mass is 348 g/mol. The van der Waals surface area contributed by atoms with E-state index in [9.17, 15) is 0 Å². The van der Waals surface area contributed by atoms with Crippen LogP contribution in [0.4, 0.5) is 0 Å². The standard InChI is InChI=1S/C20H16N2S2/c1-13-7-9-17(19-15(13)5-3-11-21-19)23-24-18-10-8-14(2)16-6-4-12-22-20(16)18/h3-12H,1-2H3. The Kier molecular flexibility index (Phi) is 4.17. The molecule has 0 saturated heterocycles. The van der Waals surface area contributed by atoms with Crippen LogP contribution in [-0.4, -0.2) is 9.97 Å². The van der Waals surface area contributed by atoms with Crippen molar-refractivity contribution in [1.29, 1.82) is 0 Å². The van der Waals surface area contributed by atoms with Crippen LogP contribution in [0.1, 0.15) is 11.1 Å². The van der Waals surface area contributed by atoms with Gasteiger partial charge in [0.15, 0.2) is 0 Å². The van der Waals surface area contributed by atoms with Gasteiger partial charge in [0.2, 0.25) is 0 Å². The molecule has 2 heterocycles. The van der Waals surface area contributed by atoms with Crippen molar-refractivity contribution in [1.82, 2.24) is 9.97 Å². The van der Waals surface area contributed by atoms with Crippen molar-refractivity contribution in [3.8, 4) is 0 Å². The molecule has 0 unspecified atom stereocenters. The summed E-state index contributed by atoms with van der Waals surface area (Å²) in [6.45, 7) is 4.26. The summed E-state index contributed by atoms with van der Waals surface area (Å²) < 4.78 is 0. The Hall–Kier alpha value is -2.04. The molecule has 0 radical (unpaired) electrons. The van der Waals surface area contributed by atoms with E-state index in [2.05, 4.69) is 60.2 Å². The summed E-state index contributed by atoms with van der Waals surface area (Å²) in [4.78, 5) is 11.5. The van der Waals surface area contributed by atoms with Crippen molar-refractivity contribution in [2.24, 2.45) is 0 Å². The molecule has 0 aliphatic heterocycles. The average molecular weight is 348 g/mol. The van der Waals surface area contributed by atoms with Crippen molar-refractivity contribution in [2.75, 3.05) is 0 Å². The van der Waals surface area contributed by atoms with Gasteiger partial charge in [-0.15, -0.1) is 0 Å². The summed E-state index contributed by atoms with van der Waals surface area (Å²) in [6.07, 6.45) is 3.72. The number of nitrogens with zero attached hydrogens (tertiary/aromatic N) is 2. The van der Waals surface area contributed by atoms with Gasteiger partial charge in [0, 0.05) is 33.0 Å². The minimum Gasteiger partial charge on any atom is -0.255 e. The lowest BCUT2D eigenvalue weighted by molar-refractivity contribution is 1.33. The molecule has 24 heavy (non-hydrogen) atoms. The highest BCUT2D eigenvalue weighted by Crippen LogP contribution is 2.42. The highest BCUT2D eigenvalue weighted by atomic mass is 33.1. The number of hydrogen-bond donors (Lipinski definition) is 0. The Morgan fingerprint density at radius 2 is 1.08 bits per heavy atom. The third-order valence-corrected chi connectivity index (χ3v) is 6.55. The van der Waals surface area contributed by atoms with Crippen molar-refractivity contribution in [3.05, 3.63) is 72.1 Å². The lowest BCUT2D eigenvalue weighted by atomic mass is 10.1. The van der Waals surface area contributed by atoms with E-state index in [1.807, 2.05) is 24.5 Å². The quantitative estimate of drug-likeness (QED) is 0.412. The summed E-state index contributed by atoms with van der Waals surface area (Å²) in [7, 11) is 3.49. The predicted molar refractivity (Wildman–Crippen MR) is 105 cm³/mol. The molecule has 4 aromatic rings. The van der Waals surface area contributed by atoms with E-state index in [1.54, 1.807) is 21.6 Å². The van der Waals surface area contributed by atoms with E-state index in [-0.39, 0.29) is 0 Å². The van der Waals surface area contributed by atoms with E-state index >= 15 is 0 Å². The number of aromatic nitrogens is 2. The molecule has 0 bridgehead atoms. The molecule has 0 saturated carbocycles. The third-order valence-electron chi connectivity index (χ3n) is 4.12. The van der Waals surface area contributed by atoms with Crippen molar-refractivity contribution < 1.29 is 0 Å². The Labute approximate surface area is 149 Å². The summed E-state index contributed by atoms with van der Waals surface area (Å²) >= 11 is 0. The second kappa shape index (κ2) is 6.46. The minimum atomic E-state index is 1.07. The molecule has 0 fully saturated rings. The number of hydrogen-bond acceptors (Lipinski definition) is 4. The Morgan fingerprint density at radius 3 is 1.54 bits per heavy atom. The van der Waals surface area contributed by atoms with Gasteiger partial charge in [-0.1, -0.05) is 45.9 Å². The van der Waals surface area contributed by atoms with Gasteiger partial charge in [-0.2, -0.15) is 0 Å². The fourth-order valence-electron chi connectivity index (χ4n) is 2.80. The van der Waals surface area contributed by atoms with Gasteiger partial charge < -0.3 is 0 Å². The highest BCUT2D eigenvalue weighted by molar-refractivity contribution is 8.76. The Morgan fingerprint density at radius 1 is 0.625 bits per heavy atom. The molecule has 2 aromatic heterocycles. The second-order valence-corrected chi connectivity index (χ2v) is 7.94. The van der Waals surface area contributed by atoms with E-state index in [0.717, 1.165) is 11.0 Å². The van der Waals surface area contributed by atoms with E-state index in [4.69, 9.17) is 0 Å². The first-order valence-electron chi connectivity index (χ1n) is 7.77. The lowest BCUT2D eigenvalue weighted by Crippen LogP contribution is -1.86. The smallest absolute Gasteiger partial charge is 0.0849 e. The summed E-state index contributed by atoms with van der Waals surface area (Å²) in [5.41, 5.74) is 4.66. The van der Waals surface area contributed by atoms with Gasteiger partial charge >= 0.3 is 0 Å². The number of benzene rings is 2. The molecule has 118 valence electrons. The van der Waals surface area contributed by atoms with E-state index in [1.165, 1.54) is 31.7 Å². The Balaban J connectivity index is 1.72. The average Bonchev–Trinajstić information content (AvgIpc) is 2.63. The fraction of sp³-hybridized carbons (Fsp3) is 0.100. The van der Waals surface area contributed by atoms with Crippen LogP contribution in [0.25, 0.3) is 21.8 Å². The molecule has 4 rings (SSSR count). The molecular formula is C20H16N2S2. The zero-order chi connectivity index (χ0) is 16.5. The zero-order valence-corrected chi connectivity index (χ0v) is 15.1. The largest absolute Gasteiger partial charge is 0.255 e. The van der Waals surface area contributed by atoms with Crippen LogP contribution in [0.2, 0.25) is 0 Å². The maximum Gasteiger partial charge on any atom is 0.0849 e. The molecule has 0 N–H and O–H groups in total. The molecule has 2 nitrogen and oxygen atoms in total. The van der Waals surface area contributed by atoms with Crippen LogP contribution in [0, 0.1) is 13.8 Å². The first kappa shape index (κ1) is 15.5. The molecule has 0 amide bonds. The maximum atomic E-state index is 4.58. The SMILES string of the molecule is Cc1ccc(SSc2ccc(C)c3cccnc23)c2ncccc12. The van der Waals surface area contributed by atoms with Gasteiger partial charge in [0.05, 0.1) is 11.0 Å². The minimum absolute atomic E-state index is 1.07. The highest BCUT2D eigenvalue weighted by Gasteiger charge is 2.09. The van der Waals surface area contributed by atoms with E-state index < -0.39 is 0 Å². The molecular weight excluding hydrogens is 332 g/mol. The van der Waals surface area contributed by atoms with Gasteiger partial charge in [0.1, 0.15) is 0 Å². The molecule has 0 aliphatic carbocycles. The predicted octanol–water partition coefficient (Wildman–Crippen LogP) is 6.20.